The molecular formula is C54H42AsP3. The Balaban J connectivity index is 1.23. The molecule has 0 atom stereocenters. The summed E-state index contributed by atoms with van der Waals surface area (Å²) in [4.78, 5) is 0. The van der Waals surface area contributed by atoms with Gasteiger partial charge in [0.2, 0.25) is 0 Å². The molecule has 278 valence electrons. The van der Waals surface area contributed by atoms with Gasteiger partial charge in [-0.1, -0.05) is 0 Å². The van der Waals surface area contributed by atoms with Crippen LogP contribution in [0.25, 0.3) is 0 Å². The van der Waals surface area contributed by atoms with Crippen LogP contribution in [0.5, 0.6) is 0 Å². The number of benzene rings is 9. The summed E-state index contributed by atoms with van der Waals surface area (Å²) in [5, 5.41) is 12.4. The molecular weight excluding hydrogens is 816 g/mol. The first-order chi connectivity index (χ1) is 28.8. The normalized spacial score (nSPS) is 11.4. The summed E-state index contributed by atoms with van der Waals surface area (Å²) in [7, 11) is -2.25. The van der Waals surface area contributed by atoms with Gasteiger partial charge in [-0.05, 0) is 0 Å². The van der Waals surface area contributed by atoms with Crippen LogP contribution in [0.4, 0.5) is 0 Å². The molecule has 0 fully saturated rings. The van der Waals surface area contributed by atoms with E-state index in [1.54, 1.807) is 0 Å². The molecule has 0 heterocycles. The van der Waals surface area contributed by atoms with Gasteiger partial charge in [0, 0.05) is 0 Å². The van der Waals surface area contributed by atoms with Crippen molar-refractivity contribution in [2.45, 2.75) is 0 Å². The quantitative estimate of drug-likeness (QED) is 0.0885. The van der Waals surface area contributed by atoms with E-state index in [1.165, 1.54) is 60.8 Å². The van der Waals surface area contributed by atoms with Crippen molar-refractivity contribution in [3.05, 3.63) is 255 Å². The number of hydrogen-bond acceptors (Lipinski definition) is 0. The third kappa shape index (κ3) is 8.64. The van der Waals surface area contributed by atoms with Crippen molar-refractivity contribution in [3.63, 3.8) is 0 Å². The van der Waals surface area contributed by atoms with Gasteiger partial charge in [-0.25, -0.2) is 0 Å². The fourth-order valence-electron chi connectivity index (χ4n) is 7.56. The van der Waals surface area contributed by atoms with Gasteiger partial charge in [0.15, 0.2) is 0 Å². The first kappa shape index (κ1) is 38.4. The van der Waals surface area contributed by atoms with E-state index < -0.39 is 38.4 Å². The molecule has 0 saturated heterocycles. The van der Waals surface area contributed by atoms with E-state index in [0.29, 0.717) is 0 Å². The Morgan fingerprint density at radius 1 is 0.190 bits per heavy atom. The third-order valence-corrected chi connectivity index (χ3v) is 22.4. The van der Waals surface area contributed by atoms with E-state index in [-0.39, 0.29) is 0 Å². The summed E-state index contributed by atoms with van der Waals surface area (Å²) in [5.74, 6) is 0. The summed E-state index contributed by atoms with van der Waals surface area (Å²) in [6.07, 6.45) is 0. The SMILES string of the molecule is c1ccc(P(c2ccccc2)c2cccc([As](c3cccc(P(c4ccccc4)c4ccccc4)c3)c3cccc(P(c4ccccc4)c4ccccc4)c3)c2)cc1. The summed E-state index contributed by atoms with van der Waals surface area (Å²) in [6, 6.07) is 95.6. The molecule has 4 heteroatoms. The maximum absolute atomic E-state index is 2.57. The zero-order chi connectivity index (χ0) is 38.9. The summed E-state index contributed by atoms with van der Waals surface area (Å²) < 4.78 is 4.35. The van der Waals surface area contributed by atoms with Crippen molar-refractivity contribution in [1.82, 2.24) is 0 Å². The Morgan fingerprint density at radius 3 is 0.586 bits per heavy atom. The molecule has 0 unspecified atom stereocenters. The molecule has 9 rings (SSSR count). The molecule has 9 aromatic carbocycles. The van der Waals surface area contributed by atoms with Crippen LogP contribution in [0.3, 0.4) is 0 Å². The Labute approximate surface area is 351 Å². The third-order valence-electron chi connectivity index (χ3n) is 10.1. The molecule has 0 nitrogen and oxygen atoms in total. The molecule has 9 aromatic rings. The second kappa shape index (κ2) is 18.6. The molecule has 0 N–H and O–H groups in total. The van der Waals surface area contributed by atoms with Gasteiger partial charge >= 0.3 is 354 Å². The van der Waals surface area contributed by atoms with E-state index >= 15 is 0 Å². The van der Waals surface area contributed by atoms with Crippen LogP contribution < -0.4 is 60.8 Å². The van der Waals surface area contributed by atoms with Crippen molar-refractivity contribution in [1.29, 1.82) is 0 Å². The van der Waals surface area contributed by atoms with Crippen LogP contribution in [-0.2, 0) is 0 Å². The van der Waals surface area contributed by atoms with Crippen molar-refractivity contribution in [3.8, 4) is 0 Å². The fourth-order valence-corrected chi connectivity index (χ4v) is 20.3. The second-order valence-electron chi connectivity index (χ2n) is 13.9. The summed E-state index contributed by atoms with van der Waals surface area (Å²) >= 11 is -2.15. The summed E-state index contributed by atoms with van der Waals surface area (Å²) in [5.41, 5.74) is 0. The van der Waals surface area contributed by atoms with Crippen LogP contribution in [0.1, 0.15) is 0 Å². The van der Waals surface area contributed by atoms with E-state index in [2.05, 4.69) is 255 Å². The van der Waals surface area contributed by atoms with Crippen molar-refractivity contribution < 1.29 is 0 Å². The van der Waals surface area contributed by atoms with Gasteiger partial charge in [0.1, 0.15) is 0 Å². The molecule has 0 amide bonds. The first-order valence-corrected chi connectivity index (χ1v) is 26.5. The molecule has 58 heavy (non-hydrogen) atoms. The molecule has 0 saturated carbocycles. The second-order valence-corrected chi connectivity index (χ2v) is 25.2. The van der Waals surface area contributed by atoms with Gasteiger partial charge in [-0.2, -0.15) is 0 Å². The Kier molecular flexibility index (Phi) is 12.3. The minimum atomic E-state index is -2.15. The first-order valence-electron chi connectivity index (χ1n) is 19.6. The monoisotopic (exact) mass is 858 g/mol. The predicted octanol–water partition coefficient (Wildman–Crippen LogP) is 7.48. The average Bonchev–Trinajstić information content (AvgIpc) is 3.30. The van der Waals surface area contributed by atoms with Crippen LogP contribution in [0, 0.1) is 0 Å². The van der Waals surface area contributed by atoms with E-state index in [0.717, 1.165) is 0 Å². The Hall–Kier alpha value is -5.17. The van der Waals surface area contributed by atoms with Gasteiger partial charge in [0.25, 0.3) is 0 Å². The maximum atomic E-state index is 2.57. The fraction of sp³-hybridized carbons (Fsp3) is 0. The van der Waals surface area contributed by atoms with Crippen molar-refractivity contribution in [2.24, 2.45) is 0 Å². The summed E-state index contributed by atoms with van der Waals surface area (Å²) in [6.45, 7) is 0. The predicted molar refractivity (Wildman–Crippen MR) is 260 cm³/mol. The van der Waals surface area contributed by atoms with Crippen LogP contribution in [0.2, 0.25) is 0 Å². The van der Waals surface area contributed by atoms with Gasteiger partial charge < -0.3 is 0 Å². The van der Waals surface area contributed by atoms with Crippen LogP contribution in [0.15, 0.2) is 255 Å². The molecule has 0 radical (unpaired) electrons. The molecule has 0 aliphatic carbocycles. The topological polar surface area (TPSA) is 0 Å². The Bertz CT molecular complexity index is 2260. The van der Waals surface area contributed by atoms with Crippen molar-refractivity contribution >= 4 is 99.2 Å². The zero-order valence-corrected chi connectivity index (χ0v) is 36.6. The molecule has 0 aliphatic heterocycles. The minimum absolute atomic E-state index is 0.749. The van der Waals surface area contributed by atoms with Crippen LogP contribution >= 0.6 is 23.8 Å². The average molecular weight is 859 g/mol. The van der Waals surface area contributed by atoms with E-state index in [4.69, 9.17) is 0 Å². The van der Waals surface area contributed by atoms with E-state index in [9.17, 15) is 0 Å². The zero-order valence-electron chi connectivity index (χ0n) is 32.0. The number of rotatable bonds is 12. The van der Waals surface area contributed by atoms with Crippen LogP contribution in [-0.4, -0.2) is 14.7 Å². The van der Waals surface area contributed by atoms with Gasteiger partial charge in [-0.15, -0.1) is 0 Å². The molecule has 0 bridgehead atoms. The van der Waals surface area contributed by atoms with Gasteiger partial charge in [-0.3, -0.25) is 0 Å². The van der Waals surface area contributed by atoms with Crippen molar-refractivity contribution in [2.75, 3.05) is 0 Å². The van der Waals surface area contributed by atoms with Gasteiger partial charge in [0.05, 0.1) is 0 Å². The molecule has 0 aromatic heterocycles. The molecule has 0 spiro atoms. The standard InChI is InChI=1S/C54H42AsP3/c1-7-25-46(26-8-1)56(47-27-9-2-10-28-47)52-37-19-22-43(40-52)55(44-23-20-38-53(41-44)57(48-29-11-3-12-30-48)49-31-13-4-14-32-49)45-24-21-39-54(42-45)58(50-33-15-5-16-34-50)51-35-17-6-18-36-51/h1-42H. The number of hydrogen-bond donors (Lipinski definition) is 0. The molecule has 0 aliphatic rings. The Morgan fingerprint density at radius 2 is 0.379 bits per heavy atom. The van der Waals surface area contributed by atoms with E-state index in [1.807, 2.05) is 0 Å².